The van der Waals surface area contributed by atoms with Crippen LogP contribution in [0.1, 0.15) is 35.1 Å². The first-order valence-corrected chi connectivity index (χ1v) is 5.46. The van der Waals surface area contributed by atoms with Crippen molar-refractivity contribution in [3.8, 4) is 6.07 Å². The fraction of sp³-hybridized carbons (Fsp3) is 0.308. The van der Waals surface area contributed by atoms with Crippen molar-refractivity contribution < 1.29 is 4.79 Å². The van der Waals surface area contributed by atoms with E-state index < -0.39 is 0 Å². The molecule has 0 spiro atoms. The van der Waals surface area contributed by atoms with Crippen LogP contribution in [0, 0.1) is 18.3 Å². The Morgan fingerprint density at radius 1 is 1.59 bits per heavy atom. The number of hydrogen-bond donors (Lipinski definition) is 1. The standard InChI is InChI=1S/C13H15N3O/c1-3-4-5-8-15-13(17)12-7-6-11(9-14)10(2)16-12/h3-4,6-7H,5,8H2,1-2H3,(H,15,17)/b4-3+. The molecule has 0 atom stereocenters. The summed E-state index contributed by atoms with van der Waals surface area (Å²) in [6, 6.07) is 5.20. The molecule has 4 nitrogen and oxygen atoms in total. The molecule has 0 saturated heterocycles. The van der Waals surface area contributed by atoms with Gasteiger partial charge in [0.2, 0.25) is 0 Å². The van der Waals surface area contributed by atoms with Gasteiger partial charge < -0.3 is 5.32 Å². The molecule has 0 aliphatic heterocycles. The van der Waals surface area contributed by atoms with Gasteiger partial charge in [0, 0.05) is 6.54 Å². The van der Waals surface area contributed by atoms with Crippen molar-refractivity contribution in [2.45, 2.75) is 20.3 Å². The fourth-order valence-corrected chi connectivity index (χ4v) is 1.33. The molecule has 0 radical (unpaired) electrons. The lowest BCUT2D eigenvalue weighted by atomic mass is 10.2. The molecule has 17 heavy (non-hydrogen) atoms. The minimum atomic E-state index is -0.206. The largest absolute Gasteiger partial charge is 0.350 e. The molecule has 88 valence electrons. The van der Waals surface area contributed by atoms with Crippen LogP contribution in [-0.4, -0.2) is 17.4 Å². The van der Waals surface area contributed by atoms with Crippen LogP contribution < -0.4 is 5.32 Å². The summed E-state index contributed by atoms with van der Waals surface area (Å²) in [7, 11) is 0. The van der Waals surface area contributed by atoms with Gasteiger partial charge in [-0.2, -0.15) is 5.26 Å². The number of nitrogens with zero attached hydrogens (tertiary/aromatic N) is 2. The Bertz CT molecular complexity index is 472. The number of hydrogen-bond acceptors (Lipinski definition) is 3. The molecular formula is C13H15N3O. The van der Waals surface area contributed by atoms with E-state index in [1.54, 1.807) is 19.1 Å². The summed E-state index contributed by atoms with van der Waals surface area (Å²) < 4.78 is 0. The fourth-order valence-electron chi connectivity index (χ4n) is 1.33. The average Bonchev–Trinajstić information content (AvgIpc) is 2.34. The summed E-state index contributed by atoms with van der Waals surface area (Å²) >= 11 is 0. The number of amides is 1. The van der Waals surface area contributed by atoms with E-state index in [-0.39, 0.29) is 5.91 Å². The van der Waals surface area contributed by atoms with Crippen LogP contribution in [-0.2, 0) is 0 Å². The van der Waals surface area contributed by atoms with Gasteiger partial charge >= 0.3 is 0 Å². The summed E-state index contributed by atoms with van der Waals surface area (Å²) in [4.78, 5) is 15.8. The first-order chi connectivity index (χ1) is 8.19. The Hall–Kier alpha value is -2.15. The van der Waals surface area contributed by atoms with E-state index >= 15 is 0 Å². The van der Waals surface area contributed by atoms with E-state index in [0.29, 0.717) is 23.5 Å². The lowest BCUT2D eigenvalue weighted by Gasteiger charge is -2.04. The number of carbonyl (C=O) groups excluding carboxylic acids is 1. The van der Waals surface area contributed by atoms with E-state index in [0.717, 1.165) is 6.42 Å². The Morgan fingerprint density at radius 2 is 2.35 bits per heavy atom. The quantitative estimate of drug-likeness (QED) is 0.634. The van der Waals surface area contributed by atoms with Gasteiger partial charge in [0.15, 0.2) is 0 Å². The summed E-state index contributed by atoms with van der Waals surface area (Å²) in [6.45, 7) is 4.24. The second-order valence-electron chi connectivity index (χ2n) is 3.55. The van der Waals surface area contributed by atoms with Crippen LogP contribution in [0.4, 0.5) is 0 Å². The van der Waals surface area contributed by atoms with Crippen molar-refractivity contribution in [2.24, 2.45) is 0 Å². The zero-order valence-electron chi connectivity index (χ0n) is 10.0. The predicted octanol–water partition coefficient (Wildman–Crippen LogP) is 1.96. The summed E-state index contributed by atoms with van der Waals surface area (Å²) in [6.07, 6.45) is 4.73. The number of nitriles is 1. The smallest absolute Gasteiger partial charge is 0.269 e. The monoisotopic (exact) mass is 229 g/mol. The molecule has 1 aromatic heterocycles. The van der Waals surface area contributed by atoms with E-state index in [2.05, 4.69) is 10.3 Å². The zero-order valence-corrected chi connectivity index (χ0v) is 10.0. The SMILES string of the molecule is C/C=C/CCNC(=O)c1ccc(C#N)c(C)n1. The first-order valence-electron chi connectivity index (χ1n) is 5.46. The second-order valence-corrected chi connectivity index (χ2v) is 3.55. The molecule has 1 rings (SSSR count). The molecule has 0 aromatic carbocycles. The highest BCUT2D eigenvalue weighted by Crippen LogP contribution is 2.05. The Kier molecular flexibility index (Phi) is 4.89. The zero-order chi connectivity index (χ0) is 12.7. The minimum absolute atomic E-state index is 0.206. The molecule has 0 saturated carbocycles. The van der Waals surface area contributed by atoms with Gasteiger partial charge in [0.25, 0.3) is 5.91 Å². The van der Waals surface area contributed by atoms with Crippen molar-refractivity contribution in [2.75, 3.05) is 6.54 Å². The molecule has 0 aliphatic carbocycles. The number of aryl methyl sites for hydroxylation is 1. The lowest BCUT2D eigenvalue weighted by Crippen LogP contribution is -2.25. The molecule has 1 heterocycles. The molecular weight excluding hydrogens is 214 g/mol. The van der Waals surface area contributed by atoms with Gasteiger partial charge in [-0.1, -0.05) is 12.2 Å². The average molecular weight is 229 g/mol. The highest BCUT2D eigenvalue weighted by atomic mass is 16.1. The minimum Gasteiger partial charge on any atom is -0.350 e. The molecule has 0 aliphatic rings. The van der Waals surface area contributed by atoms with Gasteiger partial charge in [-0.05, 0) is 32.4 Å². The van der Waals surface area contributed by atoms with Gasteiger partial charge in [-0.15, -0.1) is 0 Å². The lowest BCUT2D eigenvalue weighted by molar-refractivity contribution is 0.0949. The maximum Gasteiger partial charge on any atom is 0.269 e. The number of rotatable bonds is 4. The highest BCUT2D eigenvalue weighted by Gasteiger charge is 2.08. The Balaban J connectivity index is 2.64. The molecule has 1 N–H and O–H groups in total. The molecule has 1 amide bonds. The normalized spacial score (nSPS) is 10.2. The van der Waals surface area contributed by atoms with Crippen LogP contribution in [0.2, 0.25) is 0 Å². The van der Waals surface area contributed by atoms with E-state index in [1.165, 1.54) is 0 Å². The van der Waals surface area contributed by atoms with Crippen LogP contribution in [0.25, 0.3) is 0 Å². The van der Waals surface area contributed by atoms with Gasteiger partial charge in [-0.25, -0.2) is 4.98 Å². The third kappa shape index (κ3) is 3.72. The number of carbonyl (C=O) groups is 1. The number of aromatic nitrogens is 1. The molecule has 4 heteroatoms. The second kappa shape index (κ2) is 6.44. The van der Waals surface area contributed by atoms with Gasteiger partial charge in [0.1, 0.15) is 11.8 Å². The van der Waals surface area contributed by atoms with Crippen LogP contribution in [0.5, 0.6) is 0 Å². The molecule has 0 fully saturated rings. The summed E-state index contributed by atoms with van der Waals surface area (Å²) in [5.41, 5.74) is 1.42. The maximum absolute atomic E-state index is 11.7. The van der Waals surface area contributed by atoms with E-state index in [9.17, 15) is 4.79 Å². The van der Waals surface area contributed by atoms with Crippen molar-refractivity contribution in [1.29, 1.82) is 5.26 Å². The van der Waals surface area contributed by atoms with Crippen LogP contribution >= 0.6 is 0 Å². The number of nitrogens with one attached hydrogen (secondary N) is 1. The van der Waals surface area contributed by atoms with Crippen LogP contribution in [0.15, 0.2) is 24.3 Å². The summed E-state index contributed by atoms with van der Waals surface area (Å²) in [5, 5.41) is 11.5. The third-order valence-corrected chi connectivity index (χ3v) is 2.27. The highest BCUT2D eigenvalue weighted by molar-refractivity contribution is 5.92. The molecule has 1 aromatic rings. The first kappa shape index (κ1) is 12.9. The van der Waals surface area contributed by atoms with Crippen molar-refractivity contribution in [1.82, 2.24) is 10.3 Å². The topological polar surface area (TPSA) is 65.8 Å². The van der Waals surface area contributed by atoms with Crippen molar-refractivity contribution in [3.05, 3.63) is 41.2 Å². The Labute approximate surface area is 101 Å². The number of pyridine rings is 1. The van der Waals surface area contributed by atoms with E-state index in [1.807, 2.05) is 25.1 Å². The number of allylic oxidation sites excluding steroid dienone is 1. The third-order valence-electron chi connectivity index (χ3n) is 2.27. The van der Waals surface area contributed by atoms with Crippen molar-refractivity contribution >= 4 is 5.91 Å². The van der Waals surface area contributed by atoms with Crippen molar-refractivity contribution in [3.63, 3.8) is 0 Å². The molecule has 0 bridgehead atoms. The summed E-state index contributed by atoms with van der Waals surface area (Å²) in [5.74, 6) is -0.206. The van der Waals surface area contributed by atoms with Gasteiger partial charge in [-0.3, -0.25) is 4.79 Å². The van der Waals surface area contributed by atoms with E-state index in [4.69, 9.17) is 5.26 Å². The maximum atomic E-state index is 11.7. The van der Waals surface area contributed by atoms with Gasteiger partial charge in [0.05, 0.1) is 11.3 Å². The van der Waals surface area contributed by atoms with Crippen LogP contribution in [0.3, 0.4) is 0 Å². The predicted molar refractivity (Wildman–Crippen MR) is 65.5 cm³/mol. The molecule has 0 unspecified atom stereocenters. The Morgan fingerprint density at radius 3 is 2.94 bits per heavy atom.